The molecule has 4 aromatic rings. The predicted molar refractivity (Wildman–Crippen MR) is 150 cm³/mol. The van der Waals surface area contributed by atoms with Gasteiger partial charge >= 0.3 is 0 Å². The summed E-state index contributed by atoms with van der Waals surface area (Å²) in [6, 6.07) is 21.7. The summed E-state index contributed by atoms with van der Waals surface area (Å²) in [6.45, 7) is 7.09. The van der Waals surface area contributed by atoms with E-state index in [1.807, 2.05) is 30.3 Å². The van der Waals surface area contributed by atoms with Crippen molar-refractivity contribution in [1.29, 1.82) is 0 Å². The number of amides is 1. The van der Waals surface area contributed by atoms with Crippen LogP contribution in [0.25, 0.3) is 10.9 Å². The number of fused-ring (bicyclic) bond motifs is 3. The van der Waals surface area contributed by atoms with E-state index in [-0.39, 0.29) is 11.7 Å². The van der Waals surface area contributed by atoms with Gasteiger partial charge in [0.05, 0.1) is 0 Å². The lowest BCUT2D eigenvalue weighted by molar-refractivity contribution is 0.0706. The zero-order valence-electron chi connectivity index (χ0n) is 21.9. The van der Waals surface area contributed by atoms with E-state index < -0.39 is 5.91 Å². The molecule has 38 heavy (non-hydrogen) atoms. The first kappa shape index (κ1) is 25.7. The topological polar surface area (TPSA) is 95.4 Å². The molecule has 5 rings (SSSR count). The smallest absolute Gasteiger partial charge is 0.274 e. The summed E-state index contributed by atoms with van der Waals surface area (Å²) in [4.78, 5) is 25.3. The number of nitrogens with zero attached hydrogens (tertiary/aromatic N) is 1. The third-order valence-corrected chi connectivity index (χ3v) is 7.61. The van der Waals surface area contributed by atoms with Crippen molar-refractivity contribution in [3.8, 4) is 0 Å². The number of para-hydroxylation sites is 1. The summed E-state index contributed by atoms with van der Waals surface area (Å²) in [6.07, 6.45) is 1.66. The molecule has 0 saturated heterocycles. The third kappa shape index (κ3) is 5.21. The number of aryl methyl sites for hydroxylation is 2. The van der Waals surface area contributed by atoms with Crippen LogP contribution < -0.4 is 16.1 Å². The summed E-state index contributed by atoms with van der Waals surface area (Å²) >= 11 is 0. The van der Waals surface area contributed by atoms with Crippen LogP contribution in [0.5, 0.6) is 0 Å². The van der Waals surface area contributed by atoms with Crippen molar-refractivity contribution in [2.45, 2.75) is 33.2 Å². The molecule has 1 amide bonds. The highest BCUT2D eigenvalue weighted by molar-refractivity contribution is 6.11. The Hall–Kier alpha value is -3.94. The quantitative estimate of drug-likeness (QED) is 0.146. The van der Waals surface area contributed by atoms with E-state index in [1.165, 1.54) is 11.1 Å². The second kappa shape index (κ2) is 11.2. The molecule has 1 aliphatic carbocycles. The molecule has 1 aliphatic rings. The molecule has 1 atom stereocenters. The van der Waals surface area contributed by atoms with Crippen molar-refractivity contribution in [2.75, 3.05) is 25.0 Å². The SMILES string of the molecule is Cc1ccc(NCCNCC2CCc3c(c4ccccc4n3Cc3ccc(C(=O)NO)cc3)C2=O)cc1C. The Morgan fingerprint density at radius 1 is 1.00 bits per heavy atom. The molecule has 196 valence electrons. The van der Waals surface area contributed by atoms with Crippen molar-refractivity contribution < 1.29 is 14.8 Å². The number of nitrogens with one attached hydrogen (secondary N) is 3. The van der Waals surface area contributed by atoms with Gasteiger partial charge in [0.15, 0.2) is 5.78 Å². The van der Waals surface area contributed by atoms with Gasteiger partial charge in [-0.1, -0.05) is 36.4 Å². The second-order valence-electron chi connectivity index (χ2n) is 10.1. The molecule has 1 aromatic heterocycles. The number of benzene rings is 3. The van der Waals surface area contributed by atoms with Crippen molar-refractivity contribution in [3.63, 3.8) is 0 Å². The Kier molecular flexibility index (Phi) is 7.58. The highest BCUT2D eigenvalue weighted by Crippen LogP contribution is 2.35. The molecule has 7 nitrogen and oxygen atoms in total. The van der Waals surface area contributed by atoms with E-state index in [0.717, 1.165) is 59.3 Å². The fraction of sp³-hybridized carbons (Fsp3) is 0.290. The lowest BCUT2D eigenvalue weighted by atomic mass is 9.85. The Morgan fingerprint density at radius 3 is 2.55 bits per heavy atom. The number of aromatic nitrogens is 1. The van der Waals surface area contributed by atoms with Crippen LogP contribution in [0.3, 0.4) is 0 Å². The lowest BCUT2D eigenvalue weighted by Crippen LogP contribution is -2.34. The normalized spacial score (nSPS) is 14.9. The second-order valence-corrected chi connectivity index (χ2v) is 10.1. The van der Waals surface area contributed by atoms with E-state index in [4.69, 9.17) is 5.21 Å². The van der Waals surface area contributed by atoms with E-state index in [2.05, 4.69) is 53.3 Å². The average Bonchev–Trinajstić information content (AvgIpc) is 3.25. The van der Waals surface area contributed by atoms with Gasteiger partial charge in [0.2, 0.25) is 0 Å². The molecule has 0 saturated carbocycles. The fourth-order valence-electron chi connectivity index (χ4n) is 5.34. The molecule has 0 radical (unpaired) electrons. The highest BCUT2D eigenvalue weighted by Gasteiger charge is 2.32. The Morgan fingerprint density at radius 2 is 1.79 bits per heavy atom. The molecule has 7 heteroatoms. The van der Waals surface area contributed by atoms with Crippen LogP contribution in [-0.2, 0) is 13.0 Å². The number of rotatable bonds is 9. The van der Waals surface area contributed by atoms with E-state index in [1.54, 1.807) is 17.6 Å². The fourth-order valence-corrected chi connectivity index (χ4v) is 5.34. The van der Waals surface area contributed by atoms with Gasteiger partial charge in [-0.25, -0.2) is 5.48 Å². The lowest BCUT2D eigenvalue weighted by Gasteiger charge is -2.23. The molecule has 3 aromatic carbocycles. The number of carbonyl (C=O) groups is 2. The van der Waals surface area contributed by atoms with Crippen LogP contribution in [0.4, 0.5) is 5.69 Å². The minimum atomic E-state index is -0.536. The Labute approximate surface area is 222 Å². The summed E-state index contributed by atoms with van der Waals surface area (Å²) in [5.74, 6) is -0.364. The van der Waals surface area contributed by atoms with E-state index >= 15 is 0 Å². The molecule has 1 unspecified atom stereocenters. The first-order valence-electron chi connectivity index (χ1n) is 13.2. The van der Waals surface area contributed by atoms with Gasteiger partial charge in [-0.15, -0.1) is 0 Å². The summed E-state index contributed by atoms with van der Waals surface area (Å²) in [7, 11) is 0. The zero-order chi connectivity index (χ0) is 26.6. The van der Waals surface area contributed by atoms with Crippen molar-refractivity contribution in [1.82, 2.24) is 15.4 Å². The number of hydrogen-bond donors (Lipinski definition) is 4. The third-order valence-electron chi connectivity index (χ3n) is 7.61. The molecule has 0 spiro atoms. The number of ketones is 1. The van der Waals surface area contributed by atoms with Crippen LogP contribution in [0.15, 0.2) is 66.7 Å². The van der Waals surface area contributed by atoms with Gasteiger partial charge < -0.3 is 15.2 Å². The molecule has 4 N–H and O–H groups in total. The number of hydrogen-bond acceptors (Lipinski definition) is 5. The molecule has 0 aliphatic heterocycles. The molecular formula is C31H34N4O3. The van der Waals surface area contributed by atoms with Crippen LogP contribution in [0.1, 0.15) is 49.5 Å². The largest absolute Gasteiger partial charge is 0.384 e. The van der Waals surface area contributed by atoms with Gasteiger partial charge in [-0.2, -0.15) is 0 Å². The monoisotopic (exact) mass is 510 g/mol. The zero-order valence-corrected chi connectivity index (χ0v) is 21.9. The maximum absolute atomic E-state index is 13.7. The van der Waals surface area contributed by atoms with Crippen molar-refractivity contribution >= 4 is 28.3 Å². The van der Waals surface area contributed by atoms with E-state index in [9.17, 15) is 9.59 Å². The van der Waals surface area contributed by atoms with E-state index in [0.29, 0.717) is 18.7 Å². The minimum Gasteiger partial charge on any atom is -0.384 e. The minimum absolute atomic E-state index is 0.0420. The number of carbonyl (C=O) groups excluding carboxylic acids is 2. The number of Topliss-reactive ketones (excluding diaryl/α,β-unsaturated/α-hetero) is 1. The van der Waals surface area contributed by atoms with Crippen LogP contribution in [0.2, 0.25) is 0 Å². The van der Waals surface area contributed by atoms with Crippen molar-refractivity contribution in [3.05, 3.63) is 100 Å². The van der Waals surface area contributed by atoms with Gasteiger partial charge in [-0.3, -0.25) is 14.8 Å². The predicted octanol–water partition coefficient (Wildman–Crippen LogP) is 4.87. The summed E-state index contributed by atoms with van der Waals surface area (Å²) in [5, 5.41) is 16.8. The standard InChI is InChI=1S/C31H34N4O3/c1-20-7-13-25(17-21(20)2)33-16-15-32-18-24-12-14-28-29(30(24)36)26-5-3-4-6-27(26)35(28)19-22-8-10-23(11-9-22)31(37)34-38/h3-11,13,17,24,32-33,38H,12,14-16,18-19H2,1-2H3,(H,34,37). The summed E-state index contributed by atoms with van der Waals surface area (Å²) < 4.78 is 2.24. The maximum atomic E-state index is 13.7. The molecule has 1 heterocycles. The van der Waals surface area contributed by atoms with Crippen molar-refractivity contribution in [2.24, 2.45) is 5.92 Å². The summed E-state index contributed by atoms with van der Waals surface area (Å²) in [5.41, 5.74) is 9.74. The van der Waals surface area contributed by atoms with Crippen LogP contribution in [-0.4, -0.2) is 41.1 Å². The van der Waals surface area contributed by atoms with Gasteiger partial charge in [-0.05, 0) is 73.7 Å². The van der Waals surface area contributed by atoms with Gasteiger partial charge in [0.25, 0.3) is 5.91 Å². The molecule has 0 bridgehead atoms. The van der Waals surface area contributed by atoms with Crippen LogP contribution >= 0.6 is 0 Å². The maximum Gasteiger partial charge on any atom is 0.274 e. The number of anilines is 1. The number of hydroxylamine groups is 1. The average molecular weight is 511 g/mol. The highest BCUT2D eigenvalue weighted by atomic mass is 16.5. The molecular weight excluding hydrogens is 476 g/mol. The Bertz CT molecular complexity index is 1470. The van der Waals surface area contributed by atoms with Gasteiger partial charge in [0, 0.05) is 65.5 Å². The Balaban J connectivity index is 1.26. The first-order chi connectivity index (χ1) is 18.5. The van der Waals surface area contributed by atoms with Gasteiger partial charge in [0.1, 0.15) is 0 Å². The first-order valence-corrected chi connectivity index (χ1v) is 13.2. The van der Waals surface area contributed by atoms with Crippen LogP contribution in [0, 0.1) is 19.8 Å². The molecule has 0 fully saturated rings.